The molecule has 0 fully saturated rings. The van der Waals surface area contributed by atoms with Gasteiger partial charge in [-0.1, -0.05) is 76.6 Å². The summed E-state index contributed by atoms with van der Waals surface area (Å²) in [7, 11) is 0. The van der Waals surface area contributed by atoms with Crippen LogP contribution in [0.2, 0.25) is 0 Å². The van der Waals surface area contributed by atoms with Gasteiger partial charge >= 0.3 is 0 Å². The maximum atomic E-state index is 6.19. The van der Waals surface area contributed by atoms with E-state index in [1.54, 1.807) is 4.68 Å². The summed E-state index contributed by atoms with van der Waals surface area (Å²) in [6.45, 7) is 6.08. The first kappa shape index (κ1) is 17.6. The first-order valence-electron chi connectivity index (χ1n) is 6.02. The Hall–Kier alpha value is 0.590. The Balaban J connectivity index is 3.28. The highest BCUT2D eigenvalue weighted by Crippen LogP contribution is 2.53. The Morgan fingerprint density at radius 3 is 2.16 bits per heavy atom. The van der Waals surface area contributed by atoms with E-state index in [9.17, 15) is 0 Å². The van der Waals surface area contributed by atoms with Gasteiger partial charge in [0.1, 0.15) is 5.69 Å². The Kier molecular flexibility index (Phi) is 6.10. The van der Waals surface area contributed by atoms with Crippen LogP contribution in [0.1, 0.15) is 51.0 Å². The van der Waals surface area contributed by atoms with Crippen LogP contribution >= 0.6 is 58.0 Å². The molecular weight excluding hydrogens is 351 g/mol. The number of alkyl halides is 5. The fraction of sp³-hybridized carbons (Fsp3) is 0.818. The van der Waals surface area contributed by atoms with Gasteiger partial charge in [0.05, 0.1) is 5.69 Å². The van der Waals surface area contributed by atoms with Crippen molar-refractivity contribution in [3.63, 3.8) is 0 Å². The molecule has 0 N–H and O–H groups in total. The molecule has 1 heterocycles. The lowest BCUT2D eigenvalue weighted by molar-refractivity contribution is 0.490. The largest absolute Gasteiger partial charge is 0.247 e. The molecule has 1 aromatic heterocycles. The van der Waals surface area contributed by atoms with Crippen LogP contribution in [-0.2, 0) is 10.8 Å². The molecule has 0 aliphatic heterocycles. The number of halogens is 5. The first-order valence-corrected chi connectivity index (χ1v) is 7.91. The number of hydrogen-bond donors (Lipinski definition) is 0. The number of nitrogens with zero attached hydrogens (tertiary/aromatic N) is 3. The molecule has 0 spiro atoms. The van der Waals surface area contributed by atoms with Crippen LogP contribution in [0.5, 0.6) is 0 Å². The molecule has 1 rings (SSSR count). The maximum absolute atomic E-state index is 6.19. The number of unbranched alkanes of at least 4 members (excludes halogenated alkanes) is 1. The lowest BCUT2D eigenvalue weighted by Crippen LogP contribution is -2.30. The van der Waals surface area contributed by atoms with E-state index in [2.05, 4.69) is 17.2 Å². The molecule has 3 nitrogen and oxygen atoms in total. The molecule has 19 heavy (non-hydrogen) atoms. The second-order valence-electron chi connectivity index (χ2n) is 4.60. The van der Waals surface area contributed by atoms with E-state index in [1.807, 2.05) is 13.8 Å². The Morgan fingerprint density at radius 1 is 1.16 bits per heavy atom. The van der Waals surface area contributed by atoms with Gasteiger partial charge in [0.15, 0.2) is 0 Å². The molecule has 0 aliphatic rings. The lowest BCUT2D eigenvalue weighted by Gasteiger charge is -2.26. The van der Waals surface area contributed by atoms with Gasteiger partial charge in [-0.3, -0.25) is 0 Å². The van der Waals surface area contributed by atoms with E-state index in [1.165, 1.54) is 0 Å². The fourth-order valence-electron chi connectivity index (χ4n) is 1.68. The first-order chi connectivity index (χ1) is 8.63. The molecule has 0 atom stereocenters. The Morgan fingerprint density at radius 2 is 1.74 bits per heavy atom. The highest BCUT2D eigenvalue weighted by molar-refractivity contribution is 6.75. The minimum Gasteiger partial charge on any atom is -0.247 e. The second-order valence-corrected chi connectivity index (χ2v) is 8.21. The quantitative estimate of drug-likeness (QED) is 0.670. The van der Waals surface area contributed by atoms with Gasteiger partial charge in [0, 0.05) is 6.04 Å². The second kappa shape index (κ2) is 6.57. The third-order valence-electron chi connectivity index (χ3n) is 2.70. The highest BCUT2D eigenvalue weighted by Gasteiger charge is 2.51. The SMILES string of the molecule is CCCCc1c(C(Cl)(Cl)C(Cl)(Cl)Cl)nnn1C(C)C. The van der Waals surface area contributed by atoms with Crippen molar-refractivity contribution in [3.8, 4) is 0 Å². The molecular formula is C11H16Cl5N3. The molecule has 110 valence electrons. The third-order valence-corrected chi connectivity index (χ3v) is 5.06. The van der Waals surface area contributed by atoms with Crippen molar-refractivity contribution in [1.82, 2.24) is 15.0 Å². The van der Waals surface area contributed by atoms with Gasteiger partial charge in [-0.05, 0) is 26.7 Å². The molecule has 0 radical (unpaired) electrons. The van der Waals surface area contributed by atoms with Crippen molar-refractivity contribution >= 4 is 58.0 Å². The normalized spacial score (nSPS) is 13.3. The summed E-state index contributed by atoms with van der Waals surface area (Å²) in [5.74, 6) is 0. The van der Waals surface area contributed by atoms with Crippen LogP contribution in [0.4, 0.5) is 0 Å². The van der Waals surface area contributed by atoms with Crippen molar-refractivity contribution in [2.45, 2.75) is 54.2 Å². The minimum atomic E-state index is -1.88. The van der Waals surface area contributed by atoms with Gasteiger partial charge < -0.3 is 0 Å². The van der Waals surface area contributed by atoms with Crippen molar-refractivity contribution in [1.29, 1.82) is 0 Å². The van der Waals surface area contributed by atoms with Crippen LogP contribution in [0, 0.1) is 0 Å². The summed E-state index contributed by atoms with van der Waals surface area (Å²) in [5, 5.41) is 8.09. The van der Waals surface area contributed by atoms with Crippen LogP contribution in [-0.4, -0.2) is 18.8 Å². The van der Waals surface area contributed by atoms with Gasteiger partial charge in [0.2, 0.25) is 8.13 Å². The van der Waals surface area contributed by atoms with Crippen LogP contribution in [0.3, 0.4) is 0 Å². The Labute approximate surface area is 138 Å². The number of aromatic nitrogens is 3. The van der Waals surface area contributed by atoms with Crippen molar-refractivity contribution < 1.29 is 0 Å². The van der Waals surface area contributed by atoms with Crippen molar-refractivity contribution in [3.05, 3.63) is 11.4 Å². The zero-order valence-corrected chi connectivity index (χ0v) is 14.7. The predicted octanol–water partition coefficient (Wildman–Crippen LogP) is 5.20. The standard InChI is InChI=1S/C11H16Cl5N3/c1-4-5-6-8-9(10(12,13)11(14,15)16)17-18-19(8)7(2)3/h7H,4-6H2,1-3H3. The van der Waals surface area contributed by atoms with Crippen LogP contribution < -0.4 is 0 Å². The fourth-order valence-corrected chi connectivity index (χ4v) is 2.25. The molecule has 0 aromatic carbocycles. The van der Waals surface area contributed by atoms with Gasteiger partial charge in [-0.2, -0.15) is 0 Å². The van der Waals surface area contributed by atoms with E-state index in [4.69, 9.17) is 58.0 Å². The average Bonchev–Trinajstić information content (AvgIpc) is 2.68. The zero-order chi connectivity index (χ0) is 14.8. The summed E-state index contributed by atoms with van der Waals surface area (Å²) in [6.07, 6.45) is 2.71. The van der Waals surface area contributed by atoms with E-state index < -0.39 is 8.13 Å². The maximum Gasteiger partial charge on any atom is 0.228 e. The summed E-state index contributed by atoms with van der Waals surface area (Å²) < 4.78 is -1.84. The molecule has 8 heteroatoms. The summed E-state index contributed by atoms with van der Waals surface area (Å²) in [4.78, 5) is 0. The third kappa shape index (κ3) is 3.82. The van der Waals surface area contributed by atoms with Crippen LogP contribution in [0.25, 0.3) is 0 Å². The minimum absolute atomic E-state index is 0.132. The highest BCUT2D eigenvalue weighted by atomic mass is 35.6. The van der Waals surface area contributed by atoms with Gasteiger partial charge in [0.25, 0.3) is 0 Å². The monoisotopic (exact) mass is 365 g/mol. The van der Waals surface area contributed by atoms with Gasteiger partial charge in [-0.15, -0.1) is 5.10 Å². The lowest BCUT2D eigenvalue weighted by atomic mass is 10.1. The van der Waals surface area contributed by atoms with Crippen molar-refractivity contribution in [2.24, 2.45) is 0 Å². The summed E-state index contributed by atoms with van der Waals surface area (Å²) in [6, 6.07) is 0.132. The average molecular weight is 368 g/mol. The molecule has 0 bridgehead atoms. The number of rotatable bonds is 5. The molecule has 0 aliphatic carbocycles. The number of hydrogen-bond acceptors (Lipinski definition) is 2. The smallest absolute Gasteiger partial charge is 0.228 e. The Bertz CT molecular complexity index is 422. The summed E-state index contributed by atoms with van der Waals surface area (Å²) >= 11 is 29.9. The molecule has 0 saturated carbocycles. The van der Waals surface area contributed by atoms with E-state index >= 15 is 0 Å². The zero-order valence-electron chi connectivity index (χ0n) is 10.9. The molecule has 1 aromatic rings. The molecule has 0 saturated heterocycles. The van der Waals surface area contributed by atoms with Gasteiger partial charge in [-0.25, -0.2) is 4.68 Å². The van der Waals surface area contributed by atoms with Crippen molar-refractivity contribution in [2.75, 3.05) is 0 Å². The molecule has 0 unspecified atom stereocenters. The molecule has 0 amide bonds. The van der Waals surface area contributed by atoms with E-state index in [0.29, 0.717) is 5.69 Å². The van der Waals surface area contributed by atoms with E-state index in [0.717, 1.165) is 25.0 Å². The van der Waals surface area contributed by atoms with E-state index in [-0.39, 0.29) is 6.04 Å². The topological polar surface area (TPSA) is 30.7 Å². The summed E-state index contributed by atoms with van der Waals surface area (Å²) in [5.41, 5.74) is 1.13. The predicted molar refractivity (Wildman–Crippen MR) is 82.7 cm³/mol. The van der Waals surface area contributed by atoms with Crippen LogP contribution in [0.15, 0.2) is 0 Å².